The molecule has 0 aromatic heterocycles. The third-order valence-corrected chi connectivity index (χ3v) is 7.33. The fraction of sp³-hybridized carbons (Fsp3) is 0.593. The number of rotatable bonds is 6. The van der Waals surface area contributed by atoms with Gasteiger partial charge in [-0.1, -0.05) is 24.3 Å². The Morgan fingerprint density at radius 2 is 2.00 bits per heavy atom. The number of hydrogen-bond donors (Lipinski definition) is 1. The summed E-state index contributed by atoms with van der Waals surface area (Å²) < 4.78 is 5.40. The van der Waals surface area contributed by atoms with Crippen molar-refractivity contribution in [1.29, 1.82) is 5.26 Å². The molecule has 0 aliphatic carbocycles. The molecule has 4 rings (SSSR count). The van der Waals surface area contributed by atoms with Crippen molar-refractivity contribution < 1.29 is 19.1 Å². The van der Waals surface area contributed by atoms with Crippen LogP contribution in [0.5, 0.6) is 0 Å². The largest absolute Gasteiger partial charge is 0.444 e. The quantitative estimate of drug-likeness (QED) is 0.594. The standard InChI is InChI=1S/C27H34N6O4/c1-17(18-8-10-19(29-5)11-9-18)33-21-13-23(25(33)35)31(15-21)16-22(30-26(36)37-27(2,3)4)24(34)32-12-6-7-20(32)14-28/h8-11,17,20-23H,6-7,12-13,15-16H2,1-4H3,(H,30,36)/t17-,20-,21-,22-,23-/m0/s1. The molecule has 1 aromatic carbocycles. The molecule has 3 amide bonds. The van der Waals surface area contributed by atoms with E-state index in [1.807, 2.05) is 28.9 Å². The maximum atomic E-state index is 13.5. The predicted octanol–water partition coefficient (Wildman–Crippen LogP) is 2.99. The van der Waals surface area contributed by atoms with E-state index in [2.05, 4.69) is 16.2 Å². The Hall–Kier alpha value is -3.63. The molecule has 2 bridgehead atoms. The Balaban J connectivity index is 1.47. The number of likely N-dealkylation sites (tertiary alicyclic amines) is 3. The highest BCUT2D eigenvalue weighted by molar-refractivity contribution is 5.88. The number of nitrogens with one attached hydrogen (secondary N) is 1. The van der Waals surface area contributed by atoms with Crippen LogP contribution in [0.15, 0.2) is 24.3 Å². The van der Waals surface area contributed by atoms with Crippen LogP contribution in [-0.2, 0) is 14.3 Å². The average Bonchev–Trinajstić information content (AvgIpc) is 3.56. The molecular weight excluding hydrogens is 472 g/mol. The molecule has 3 aliphatic rings. The minimum absolute atomic E-state index is 0.00227. The Morgan fingerprint density at radius 1 is 1.30 bits per heavy atom. The zero-order valence-electron chi connectivity index (χ0n) is 21.8. The molecule has 196 valence electrons. The lowest BCUT2D eigenvalue weighted by Crippen LogP contribution is -2.59. The highest BCUT2D eigenvalue weighted by atomic mass is 16.6. The van der Waals surface area contributed by atoms with Gasteiger partial charge in [0.25, 0.3) is 0 Å². The number of alkyl carbamates (subject to hydrolysis) is 1. The van der Waals surface area contributed by atoms with E-state index < -0.39 is 23.8 Å². The summed E-state index contributed by atoms with van der Waals surface area (Å²) in [6.07, 6.45) is 1.30. The second-order valence-electron chi connectivity index (χ2n) is 11.0. The molecule has 0 saturated carbocycles. The van der Waals surface area contributed by atoms with Crippen molar-refractivity contribution in [1.82, 2.24) is 20.0 Å². The van der Waals surface area contributed by atoms with Crippen molar-refractivity contribution in [2.75, 3.05) is 19.6 Å². The third kappa shape index (κ3) is 5.55. The number of benzene rings is 1. The first-order valence-electron chi connectivity index (χ1n) is 12.8. The topological polar surface area (TPSA) is 110 Å². The summed E-state index contributed by atoms with van der Waals surface area (Å²) in [6, 6.07) is 7.50. The predicted molar refractivity (Wildman–Crippen MR) is 135 cm³/mol. The molecule has 10 heteroatoms. The van der Waals surface area contributed by atoms with Crippen LogP contribution in [0.1, 0.15) is 58.6 Å². The van der Waals surface area contributed by atoms with E-state index in [0.29, 0.717) is 31.6 Å². The van der Waals surface area contributed by atoms with Gasteiger partial charge in [-0.25, -0.2) is 9.64 Å². The summed E-state index contributed by atoms with van der Waals surface area (Å²) in [5.74, 6) is -0.326. The normalized spacial score (nSPS) is 24.9. The Bertz CT molecular complexity index is 1130. The Labute approximate surface area is 218 Å². The van der Waals surface area contributed by atoms with Gasteiger partial charge in [0.2, 0.25) is 11.8 Å². The van der Waals surface area contributed by atoms with Crippen LogP contribution >= 0.6 is 0 Å². The number of carbonyl (C=O) groups is 3. The van der Waals surface area contributed by atoms with Gasteiger partial charge in [0.15, 0.2) is 5.69 Å². The fourth-order valence-corrected chi connectivity index (χ4v) is 5.62. The van der Waals surface area contributed by atoms with Crippen LogP contribution in [-0.4, -0.2) is 82.0 Å². The first-order chi connectivity index (χ1) is 17.5. The number of amides is 3. The first-order valence-corrected chi connectivity index (χ1v) is 12.8. The summed E-state index contributed by atoms with van der Waals surface area (Å²) in [6.45, 7) is 15.6. The van der Waals surface area contributed by atoms with Gasteiger partial charge in [-0.3, -0.25) is 14.5 Å². The molecule has 1 aromatic rings. The van der Waals surface area contributed by atoms with Crippen molar-refractivity contribution >= 4 is 23.6 Å². The Kier molecular flexibility index (Phi) is 7.42. The van der Waals surface area contributed by atoms with Gasteiger partial charge < -0.3 is 19.9 Å². The molecule has 0 radical (unpaired) electrons. The molecule has 3 heterocycles. The molecule has 37 heavy (non-hydrogen) atoms. The number of piperazine rings is 1. The van der Waals surface area contributed by atoms with E-state index in [4.69, 9.17) is 11.3 Å². The van der Waals surface area contributed by atoms with Crippen LogP contribution in [0.2, 0.25) is 0 Å². The molecular formula is C27H34N6O4. The number of fused-ring (bicyclic) bond motifs is 2. The first kappa shape index (κ1) is 26.4. The number of hydrogen-bond acceptors (Lipinski definition) is 6. The number of nitrogens with zero attached hydrogens (tertiary/aromatic N) is 5. The molecule has 3 aliphatic heterocycles. The van der Waals surface area contributed by atoms with Crippen molar-refractivity contribution in [3.8, 4) is 6.07 Å². The average molecular weight is 507 g/mol. The zero-order chi connectivity index (χ0) is 26.9. The van der Waals surface area contributed by atoms with Crippen molar-refractivity contribution in [2.45, 2.75) is 82.8 Å². The number of ether oxygens (including phenoxy) is 1. The minimum atomic E-state index is -0.928. The van der Waals surface area contributed by atoms with E-state index in [-0.39, 0.29) is 36.5 Å². The summed E-state index contributed by atoms with van der Waals surface area (Å²) >= 11 is 0. The second kappa shape index (κ2) is 10.4. The van der Waals surface area contributed by atoms with Gasteiger partial charge in [0.1, 0.15) is 17.7 Å². The monoisotopic (exact) mass is 506 g/mol. The number of carbonyl (C=O) groups excluding carboxylic acids is 3. The van der Waals surface area contributed by atoms with Gasteiger partial charge in [0.05, 0.1) is 24.7 Å². The molecule has 3 fully saturated rings. The van der Waals surface area contributed by atoms with Gasteiger partial charge >= 0.3 is 6.09 Å². The summed E-state index contributed by atoms with van der Waals surface area (Å²) in [7, 11) is 0. The van der Waals surface area contributed by atoms with Crippen molar-refractivity contribution in [3.63, 3.8) is 0 Å². The van der Waals surface area contributed by atoms with E-state index in [1.54, 1.807) is 32.9 Å². The lowest BCUT2D eigenvalue weighted by molar-refractivity contribution is -0.141. The molecule has 0 unspecified atom stereocenters. The Morgan fingerprint density at radius 3 is 2.59 bits per heavy atom. The number of nitriles is 1. The molecule has 0 spiro atoms. The highest BCUT2D eigenvalue weighted by Crippen LogP contribution is 2.38. The van der Waals surface area contributed by atoms with Crippen LogP contribution in [0.3, 0.4) is 0 Å². The van der Waals surface area contributed by atoms with E-state index in [9.17, 15) is 19.6 Å². The smallest absolute Gasteiger partial charge is 0.408 e. The summed E-state index contributed by atoms with van der Waals surface area (Å²) in [4.78, 5) is 48.3. The SMILES string of the molecule is [C-]#[N+]c1ccc([C@H](C)N2C(=O)[C@@H]3C[C@H]2CN3C[C@H](NC(=O)OC(C)(C)C)C(=O)N2CCC[C@H]2C#N)cc1. The maximum absolute atomic E-state index is 13.5. The second-order valence-corrected chi connectivity index (χ2v) is 11.0. The molecule has 10 nitrogen and oxygen atoms in total. The van der Waals surface area contributed by atoms with Gasteiger partial charge in [0, 0.05) is 25.7 Å². The van der Waals surface area contributed by atoms with E-state index in [1.165, 1.54) is 4.90 Å². The lowest BCUT2D eigenvalue weighted by atomic mass is 10.0. The minimum Gasteiger partial charge on any atom is -0.444 e. The van der Waals surface area contributed by atoms with Crippen LogP contribution in [0.25, 0.3) is 4.85 Å². The summed E-state index contributed by atoms with van der Waals surface area (Å²) in [5, 5.41) is 12.2. The van der Waals surface area contributed by atoms with Crippen LogP contribution < -0.4 is 5.32 Å². The molecule has 1 N–H and O–H groups in total. The maximum Gasteiger partial charge on any atom is 0.408 e. The van der Waals surface area contributed by atoms with Gasteiger partial charge in [-0.15, -0.1) is 0 Å². The highest BCUT2D eigenvalue weighted by Gasteiger charge is 2.52. The van der Waals surface area contributed by atoms with Crippen molar-refractivity contribution in [3.05, 3.63) is 41.2 Å². The van der Waals surface area contributed by atoms with Gasteiger partial charge in [-0.05, 0) is 52.5 Å². The fourth-order valence-electron chi connectivity index (χ4n) is 5.62. The van der Waals surface area contributed by atoms with E-state index in [0.717, 1.165) is 12.0 Å². The molecule has 3 saturated heterocycles. The zero-order valence-corrected chi connectivity index (χ0v) is 21.8. The summed E-state index contributed by atoms with van der Waals surface area (Å²) in [5.41, 5.74) is 0.796. The van der Waals surface area contributed by atoms with Crippen molar-refractivity contribution in [2.24, 2.45) is 0 Å². The third-order valence-electron chi connectivity index (χ3n) is 7.33. The van der Waals surface area contributed by atoms with E-state index >= 15 is 0 Å². The van der Waals surface area contributed by atoms with Crippen LogP contribution in [0, 0.1) is 17.9 Å². The van der Waals surface area contributed by atoms with Crippen LogP contribution in [0.4, 0.5) is 10.5 Å². The molecule has 5 atom stereocenters. The van der Waals surface area contributed by atoms with Gasteiger partial charge in [-0.2, -0.15) is 5.26 Å². The lowest BCUT2D eigenvalue weighted by Gasteiger charge is -2.39.